The Balaban J connectivity index is 1.50. The Labute approximate surface area is 183 Å². The lowest BCUT2D eigenvalue weighted by molar-refractivity contribution is -0.402. The van der Waals surface area contributed by atoms with E-state index < -0.39 is 4.92 Å². The topological polar surface area (TPSA) is 101 Å². The summed E-state index contributed by atoms with van der Waals surface area (Å²) in [5, 5.41) is 15.0. The molecule has 10 heteroatoms. The zero-order valence-electron chi connectivity index (χ0n) is 17.6. The maximum atomic E-state index is 15.0. The van der Waals surface area contributed by atoms with Crippen molar-refractivity contribution in [1.29, 1.82) is 0 Å². The molecule has 2 aromatic heterocycles. The van der Waals surface area contributed by atoms with Crippen LogP contribution in [0.1, 0.15) is 24.4 Å². The third-order valence-corrected chi connectivity index (χ3v) is 5.73. The molecule has 0 amide bonds. The lowest BCUT2D eigenvalue weighted by atomic mass is 10.1. The van der Waals surface area contributed by atoms with E-state index in [1.807, 2.05) is 6.07 Å². The first-order valence-corrected chi connectivity index (χ1v) is 10.6. The van der Waals surface area contributed by atoms with E-state index in [1.54, 1.807) is 12.2 Å². The molecule has 1 aliphatic heterocycles. The van der Waals surface area contributed by atoms with Gasteiger partial charge in [-0.05, 0) is 44.2 Å². The number of likely N-dealkylation sites (N-methyl/N-ethyl adjacent to an activating group) is 1. The van der Waals surface area contributed by atoms with E-state index in [9.17, 15) is 10.1 Å². The van der Waals surface area contributed by atoms with Crippen molar-refractivity contribution in [1.82, 2.24) is 14.9 Å². The van der Waals surface area contributed by atoms with E-state index in [2.05, 4.69) is 32.1 Å². The van der Waals surface area contributed by atoms with Crippen LogP contribution in [0.2, 0.25) is 0 Å². The van der Waals surface area contributed by atoms with Gasteiger partial charge in [-0.25, -0.2) is 14.4 Å². The fourth-order valence-electron chi connectivity index (χ4n) is 3.74. The quantitative estimate of drug-likeness (QED) is 0.459. The van der Waals surface area contributed by atoms with Gasteiger partial charge in [0.15, 0.2) is 5.82 Å². The van der Waals surface area contributed by atoms with Gasteiger partial charge in [-0.1, -0.05) is 0 Å². The van der Waals surface area contributed by atoms with Gasteiger partial charge < -0.3 is 19.5 Å². The fraction of sp³-hybridized carbons (Fsp3) is 0.364. The Morgan fingerprint density at radius 1 is 1.19 bits per heavy atom. The zero-order chi connectivity index (χ0) is 22.2. The molecule has 166 valence electrons. The standard InChI is InChI=1S/C22H23FN6O3/c1-27-8-10-28(11-9-27)19-12-16-18(13-17(19)23)25-20(26-22(16)24-14-2-3-14)6-4-15-5-7-21(32-15)29(30)31/h4-7,12-14H,2-3,8-11H2,1H3,(H,24,25,26)/b6-4+. The molecular formula is C22H23FN6O3. The molecule has 5 rings (SSSR count). The molecule has 2 aliphatic rings. The second kappa shape index (κ2) is 8.19. The number of piperazine rings is 1. The first kappa shape index (κ1) is 20.4. The SMILES string of the molecule is CN1CCN(c2cc3c(NC4CC4)nc(/C=C/c4ccc([N+](=O)[O-])o4)nc3cc2F)CC1. The van der Waals surface area contributed by atoms with Gasteiger partial charge >= 0.3 is 5.88 Å². The summed E-state index contributed by atoms with van der Waals surface area (Å²) in [5.41, 5.74) is 1.07. The molecule has 1 saturated heterocycles. The van der Waals surface area contributed by atoms with Crippen LogP contribution in [-0.2, 0) is 0 Å². The van der Waals surface area contributed by atoms with E-state index in [4.69, 9.17) is 4.42 Å². The van der Waals surface area contributed by atoms with Crippen molar-refractivity contribution in [3.8, 4) is 0 Å². The van der Waals surface area contributed by atoms with Gasteiger partial charge in [-0.3, -0.25) is 10.1 Å². The van der Waals surface area contributed by atoms with Crippen LogP contribution >= 0.6 is 0 Å². The summed E-state index contributed by atoms with van der Waals surface area (Å²) >= 11 is 0. The molecule has 0 bridgehead atoms. The van der Waals surface area contributed by atoms with E-state index in [1.165, 1.54) is 18.2 Å². The molecule has 0 unspecified atom stereocenters. The Morgan fingerprint density at radius 3 is 2.66 bits per heavy atom. The van der Waals surface area contributed by atoms with Crippen LogP contribution in [0.5, 0.6) is 0 Å². The van der Waals surface area contributed by atoms with E-state index in [0.29, 0.717) is 34.6 Å². The Hall–Kier alpha value is -3.53. The average molecular weight is 438 g/mol. The summed E-state index contributed by atoms with van der Waals surface area (Å²) in [6.07, 6.45) is 5.30. The summed E-state index contributed by atoms with van der Waals surface area (Å²) in [6, 6.07) is 6.44. The molecule has 3 heterocycles. The first-order chi connectivity index (χ1) is 15.5. The summed E-state index contributed by atoms with van der Waals surface area (Å²) in [6.45, 7) is 3.30. The minimum atomic E-state index is -0.595. The van der Waals surface area contributed by atoms with Gasteiger partial charge in [0, 0.05) is 43.7 Å². The number of anilines is 2. The van der Waals surface area contributed by atoms with Crippen LogP contribution in [-0.4, -0.2) is 59.1 Å². The molecule has 1 aliphatic carbocycles. The maximum Gasteiger partial charge on any atom is 0.433 e. The predicted molar refractivity (Wildman–Crippen MR) is 120 cm³/mol. The summed E-state index contributed by atoms with van der Waals surface area (Å²) in [5.74, 6) is 0.700. The van der Waals surface area contributed by atoms with Crippen molar-refractivity contribution in [3.63, 3.8) is 0 Å². The predicted octanol–water partition coefficient (Wildman–Crippen LogP) is 3.77. The molecule has 3 aromatic rings. The minimum absolute atomic E-state index is 0.310. The second-order valence-electron chi connectivity index (χ2n) is 8.23. The molecule has 0 atom stereocenters. The van der Waals surface area contributed by atoms with Crippen molar-refractivity contribution in [2.45, 2.75) is 18.9 Å². The molecular weight excluding hydrogens is 415 g/mol. The van der Waals surface area contributed by atoms with Crippen LogP contribution in [0.25, 0.3) is 23.1 Å². The van der Waals surface area contributed by atoms with E-state index in [0.717, 1.165) is 44.4 Å². The molecule has 0 radical (unpaired) electrons. The lowest BCUT2D eigenvalue weighted by Gasteiger charge is -2.34. The third-order valence-electron chi connectivity index (χ3n) is 5.73. The van der Waals surface area contributed by atoms with Crippen molar-refractivity contribution in [3.05, 3.63) is 51.8 Å². The van der Waals surface area contributed by atoms with Gasteiger partial charge in [-0.2, -0.15) is 0 Å². The van der Waals surface area contributed by atoms with Gasteiger partial charge in [0.1, 0.15) is 22.3 Å². The molecule has 2 fully saturated rings. The number of nitrogens with zero attached hydrogens (tertiary/aromatic N) is 5. The number of hydrogen-bond donors (Lipinski definition) is 1. The average Bonchev–Trinajstić information content (AvgIpc) is 3.45. The number of fused-ring (bicyclic) bond motifs is 1. The molecule has 1 aromatic carbocycles. The monoisotopic (exact) mass is 438 g/mol. The minimum Gasteiger partial charge on any atom is -0.401 e. The smallest absolute Gasteiger partial charge is 0.401 e. The molecule has 0 spiro atoms. The van der Waals surface area contributed by atoms with Crippen LogP contribution in [0, 0.1) is 15.9 Å². The normalized spacial score (nSPS) is 17.4. The second-order valence-corrected chi connectivity index (χ2v) is 8.23. The summed E-state index contributed by atoms with van der Waals surface area (Å²) in [7, 11) is 2.07. The Kier molecular flexibility index (Phi) is 5.22. The number of nitrogens with one attached hydrogen (secondary N) is 1. The van der Waals surface area contributed by atoms with Gasteiger partial charge in [0.05, 0.1) is 17.3 Å². The maximum absolute atomic E-state index is 15.0. The summed E-state index contributed by atoms with van der Waals surface area (Å²) in [4.78, 5) is 23.6. The third kappa shape index (κ3) is 4.26. The number of benzene rings is 1. The summed E-state index contributed by atoms with van der Waals surface area (Å²) < 4.78 is 20.2. The number of furan rings is 1. The van der Waals surface area contributed by atoms with Crippen molar-refractivity contribution in [2.75, 3.05) is 43.4 Å². The molecule has 1 N–H and O–H groups in total. The van der Waals surface area contributed by atoms with Gasteiger partial charge in [0.25, 0.3) is 0 Å². The Bertz CT molecular complexity index is 1200. The highest BCUT2D eigenvalue weighted by atomic mass is 19.1. The highest BCUT2D eigenvalue weighted by molar-refractivity contribution is 5.93. The highest BCUT2D eigenvalue weighted by Crippen LogP contribution is 2.33. The van der Waals surface area contributed by atoms with Crippen LogP contribution in [0.3, 0.4) is 0 Å². The largest absolute Gasteiger partial charge is 0.433 e. The van der Waals surface area contributed by atoms with Crippen molar-refractivity contribution >= 4 is 40.4 Å². The van der Waals surface area contributed by atoms with Crippen LogP contribution < -0.4 is 10.2 Å². The van der Waals surface area contributed by atoms with Gasteiger partial charge in [0.2, 0.25) is 0 Å². The van der Waals surface area contributed by atoms with E-state index in [-0.39, 0.29) is 11.7 Å². The number of halogens is 1. The zero-order valence-corrected chi connectivity index (χ0v) is 17.6. The lowest BCUT2D eigenvalue weighted by Crippen LogP contribution is -2.44. The fourth-order valence-corrected chi connectivity index (χ4v) is 3.74. The number of rotatable bonds is 6. The van der Waals surface area contributed by atoms with E-state index >= 15 is 4.39 Å². The number of hydrogen-bond acceptors (Lipinski definition) is 8. The van der Waals surface area contributed by atoms with Crippen LogP contribution in [0.15, 0.2) is 28.7 Å². The first-order valence-electron chi connectivity index (χ1n) is 10.6. The Morgan fingerprint density at radius 2 is 1.97 bits per heavy atom. The molecule has 9 nitrogen and oxygen atoms in total. The van der Waals surface area contributed by atoms with Gasteiger partial charge in [-0.15, -0.1) is 0 Å². The number of nitro groups is 1. The van der Waals surface area contributed by atoms with Crippen LogP contribution in [0.4, 0.5) is 21.8 Å². The number of aromatic nitrogens is 2. The van der Waals surface area contributed by atoms with Crippen molar-refractivity contribution in [2.24, 2.45) is 0 Å². The molecule has 32 heavy (non-hydrogen) atoms. The van der Waals surface area contributed by atoms with Crippen molar-refractivity contribution < 1.29 is 13.7 Å². The molecule has 1 saturated carbocycles. The highest BCUT2D eigenvalue weighted by Gasteiger charge is 2.24.